The Morgan fingerprint density at radius 2 is 1.86 bits per heavy atom. The minimum Gasteiger partial charge on any atom is -0.368 e. The zero-order chi connectivity index (χ0) is 15.3. The number of carbonyl (C=O) groups excluding carboxylic acids is 1. The van der Waals surface area contributed by atoms with Crippen molar-refractivity contribution in [3.63, 3.8) is 0 Å². The molecule has 0 bridgehead atoms. The molecule has 0 fully saturated rings. The van der Waals surface area contributed by atoms with Crippen molar-refractivity contribution in [3.05, 3.63) is 65.7 Å². The molecular formula is C18H22N2O. The molecule has 21 heavy (non-hydrogen) atoms. The number of amides is 1. The number of hydrogen-bond donors (Lipinski definition) is 2. The lowest BCUT2D eigenvalue weighted by molar-refractivity contribution is -0.122. The van der Waals surface area contributed by atoms with Crippen LogP contribution in [-0.4, -0.2) is 5.91 Å². The van der Waals surface area contributed by atoms with Crippen molar-refractivity contribution in [2.45, 2.75) is 32.2 Å². The van der Waals surface area contributed by atoms with Crippen molar-refractivity contribution in [3.8, 4) is 0 Å². The Kier molecular flexibility index (Phi) is 4.63. The molecule has 0 aromatic heterocycles. The zero-order valence-electron chi connectivity index (χ0n) is 12.6. The Bertz CT molecular complexity index is 610. The summed E-state index contributed by atoms with van der Waals surface area (Å²) in [7, 11) is 0. The van der Waals surface area contributed by atoms with Gasteiger partial charge in [-0.2, -0.15) is 0 Å². The van der Waals surface area contributed by atoms with Crippen LogP contribution in [0, 0.1) is 6.92 Å². The van der Waals surface area contributed by atoms with Crippen molar-refractivity contribution in [2.75, 3.05) is 5.32 Å². The van der Waals surface area contributed by atoms with Gasteiger partial charge < -0.3 is 11.1 Å². The van der Waals surface area contributed by atoms with E-state index in [0.717, 1.165) is 23.2 Å². The van der Waals surface area contributed by atoms with Gasteiger partial charge in [-0.15, -0.1) is 0 Å². The molecule has 0 radical (unpaired) electrons. The highest BCUT2D eigenvalue weighted by atomic mass is 16.1. The van der Waals surface area contributed by atoms with Gasteiger partial charge in [0.1, 0.15) is 5.54 Å². The van der Waals surface area contributed by atoms with Crippen molar-refractivity contribution >= 4 is 11.6 Å². The van der Waals surface area contributed by atoms with Crippen molar-refractivity contribution < 1.29 is 4.79 Å². The maximum absolute atomic E-state index is 12.3. The van der Waals surface area contributed by atoms with Crippen LogP contribution < -0.4 is 11.1 Å². The minimum absolute atomic E-state index is 0.350. The summed E-state index contributed by atoms with van der Waals surface area (Å²) in [5, 5.41) is 3.38. The summed E-state index contributed by atoms with van der Waals surface area (Å²) < 4.78 is 0. The lowest BCUT2D eigenvalue weighted by Gasteiger charge is -2.33. The van der Waals surface area contributed by atoms with E-state index in [-0.39, 0.29) is 5.91 Å². The lowest BCUT2D eigenvalue weighted by atomic mass is 9.84. The van der Waals surface area contributed by atoms with E-state index in [9.17, 15) is 4.79 Å². The Hall–Kier alpha value is -2.29. The highest BCUT2D eigenvalue weighted by Crippen LogP contribution is 2.31. The molecule has 0 saturated heterocycles. The van der Waals surface area contributed by atoms with Crippen LogP contribution in [0.25, 0.3) is 0 Å². The summed E-state index contributed by atoms with van der Waals surface area (Å²) in [5.41, 5.74) is 7.86. The van der Waals surface area contributed by atoms with E-state index in [0.29, 0.717) is 6.42 Å². The molecule has 0 heterocycles. The molecule has 3 heteroatoms. The summed E-state index contributed by atoms with van der Waals surface area (Å²) in [5.74, 6) is -0.350. The van der Waals surface area contributed by atoms with E-state index >= 15 is 0 Å². The zero-order valence-corrected chi connectivity index (χ0v) is 12.6. The first-order valence-corrected chi connectivity index (χ1v) is 7.29. The van der Waals surface area contributed by atoms with Gasteiger partial charge in [-0.25, -0.2) is 0 Å². The second-order valence-corrected chi connectivity index (χ2v) is 5.38. The highest BCUT2D eigenvalue weighted by Gasteiger charge is 2.37. The Morgan fingerprint density at radius 1 is 1.14 bits per heavy atom. The van der Waals surface area contributed by atoms with Crippen LogP contribution >= 0.6 is 0 Å². The molecule has 2 aromatic rings. The molecule has 110 valence electrons. The van der Waals surface area contributed by atoms with E-state index < -0.39 is 5.54 Å². The predicted molar refractivity (Wildman–Crippen MR) is 87.0 cm³/mol. The lowest BCUT2D eigenvalue weighted by Crippen LogP contribution is -2.47. The molecule has 0 aliphatic carbocycles. The first-order valence-electron chi connectivity index (χ1n) is 7.29. The third-order valence-electron chi connectivity index (χ3n) is 3.69. The molecule has 2 rings (SSSR count). The largest absolute Gasteiger partial charge is 0.368 e. The maximum Gasteiger partial charge on any atom is 0.247 e. The summed E-state index contributed by atoms with van der Waals surface area (Å²) in [6.07, 6.45) is 1.51. The molecule has 2 aromatic carbocycles. The van der Waals surface area contributed by atoms with Crippen molar-refractivity contribution in [2.24, 2.45) is 5.73 Å². The first kappa shape index (κ1) is 15.1. The Morgan fingerprint density at radius 3 is 2.43 bits per heavy atom. The molecule has 1 unspecified atom stereocenters. The van der Waals surface area contributed by atoms with Gasteiger partial charge >= 0.3 is 0 Å². The topological polar surface area (TPSA) is 55.1 Å². The van der Waals surface area contributed by atoms with Crippen LogP contribution in [-0.2, 0) is 10.3 Å². The van der Waals surface area contributed by atoms with Crippen LogP contribution in [0.1, 0.15) is 30.9 Å². The number of hydrogen-bond acceptors (Lipinski definition) is 2. The summed E-state index contributed by atoms with van der Waals surface area (Å²) in [6, 6.07) is 17.7. The van der Waals surface area contributed by atoms with Crippen LogP contribution in [0.5, 0.6) is 0 Å². The Balaban J connectivity index is 2.47. The van der Waals surface area contributed by atoms with Crippen molar-refractivity contribution in [1.29, 1.82) is 0 Å². The number of anilines is 1. The third-order valence-corrected chi connectivity index (χ3v) is 3.69. The van der Waals surface area contributed by atoms with Gasteiger partial charge in [0.2, 0.25) is 5.91 Å². The first-order chi connectivity index (χ1) is 10.1. The van der Waals surface area contributed by atoms with Gasteiger partial charge in [-0.05, 0) is 36.6 Å². The number of benzene rings is 2. The second kappa shape index (κ2) is 6.44. The molecule has 3 nitrogen and oxygen atoms in total. The minimum atomic E-state index is -0.871. The van der Waals surface area contributed by atoms with Crippen LogP contribution in [0.3, 0.4) is 0 Å². The number of nitrogens with one attached hydrogen (secondary N) is 1. The smallest absolute Gasteiger partial charge is 0.247 e. The molecule has 1 atom stereocenters. The molecule has 0 aliphatic rings. The standard InChI is InChI=1S/C18H22N2O/c1-3-12-18(17(19)21,15-9-5-4-6-10-15)20-16-11-7-8-14(2)13-16/h4-11,13,20H,3,12H2,1-2H3,(H2,19,21). The fourth-order valence-corrected chi connectivity index (χ4v) is 2.67. The monoisotopic (exact) mass is 282 g/mol. The molecule has 0 aliphatic heterocycles. The van der Waals surface area contributed by atoms with E-state index in [1.807, 2.05) is 61.5 Å². The average molecular weight is 282 g/mol. The van der Waals surface area contributed by atoms with E-state index in [4.69, 9.17) is 5.73 Å². The summed E-state index contributed by atoms with van der Waals surface area (Å²) >= 11 is 0. The fraction of sp³-hybridized carbons (Fsp3) is 0.278. The Labute approximate surface area is 126 Å². The molecule has 1 amide bonds. The normalized spacial score (nSPS) is 13.4. The molecule has 3 N–H and O–H groups in total. The number of carbonyl (C=O) groups is 1. The van der Waals surface area contributed by atoms with Gasteiger partial charge in [0.25, 0.3) is 0 Å². The molecular weight excluding hydrogens is 260 g/mol. The number of aryl methyl sites for hydroxylation is 1. The van der Waals surface area contributed by atoms with Gasteiger partial charge in [0, 0.05) is 5.69 Å². The maximum atomic E-state index is 12.3. The summed E-state index contributed by atoms with van der Waals surface area (Å²) in [6.45, 7) is 4.08. The van der Waals surface area contributed by atoms with Gasteiger partial charge in [-0.3, -0.25) is 4.79 Å². The van der Waals surface area contributed by atoms with Gasteiger partial charge in [-0.1, -0.05) is 55.8 Å². The van der Waals surface area contributed by atoms with E-state index in [1.165, 1.54) is 0 Å². The fourth-order valence-electron chi connectivity index (χ4n) is 2.67. The quantitative estimate of drug-likeness (QED) is 0.850. The summed E-state index contributed by atoms with van der Waals surface area (Å²) in [4.78, 5) is 12.3. The average Bonchev–Trinajstić information content (AvgIpc) is 2.47. The van der Waals surface area contributed by atoms with Crippen LogP contribution in [0.2, 0.25) is 0 Å². The number of nitrogens with two attached hydrogens (primary N) is 1. The molecule has 0 spiro atoms. The third kappa shape index (κ3) is 3.24. The molecule has 0 saturated carbocycles. The van der Waals surface area contributed by atoms with Gasteiger partial charge in [0.15, 0.2) is 0 Å². The SMILES string of the molecule is CCCC(Nc1cccc(C)c1)(C(N)=O)c1ccccc1. The number of primary amides is 1. The van der Waals surface area contributed by atoms with Crippen LogP contribution in [0.15, 0.2) is 54.6 Å². The van der Waals surface area contributed by atoms with Crippen molar-refractivity contribution in [1.82, 2.24) is 0 Å². The predicted octanol–water partition coefficient (Wildman–Crippen LogP) is 3.59. The van der Waals surface area contributed by atoms with Crippen LogP contribution in [0.4, 0.5) is 5.69 Å². The van der Waals surface area contributed by atoms with Gasteiger partial charge in [0.05, 0.1) is 0 Å². The second-order valence-electron chi connectivity index (χ2n) is 5.38. The van der Waals surface area contributed by atoms with E-state index in [2.05, 4.69) is 12.2 Å². The number of rotatable bonds is 6. The highest BCUT2D eigenvalue weighted by molar-refractivity contribution is 5.89. The van der Waals surface area contributed by atoms with E-state index in [1.54, 1.807) is 0 Å².